The first-order valence-corrected chi connectivity index (χ1v) is 9.91. The van der Waals surface area contributed by atoms with E-state index in [1.807, 2.05) is 24.3 Å². The summed E-state index contributed by atoms with van der Waals surface area (Å²) < 4.78 is 6.69. The third kappa shape index (κ3) is 3.60. The van der Waals surface area contributed by atoms with Gasteiger partial charge < -0.3 is 9.84 Å². The Morgan fingerprint density at radius 1 is 1.26 bits per heavy atom. The Kier molecular flexibility index (Phi) is 5.44. The number of β-amino-alcohol motifs (C(OH)–C–C–N with tert-alkyl or cyclic N) is 1. The fourth-order valence-corrected chi connectivity index (χ4v) is 4.96. The molecule has 1 N–H and O–H groups in total. The van der Waals surface area contributed by atoms with Crippen LogP contribution in [0.1, 0.15) is 16.4 Å². The molecule has 0 amide bonds. The number of carbonyl (C=O) groups is 1. The number of piperazine rings is 1. The zero-order valence-corrected chi connectivity index (χ0v) is 16.0. The molecule has 2 unspecified atom stereocenters. The van der Waals surface area contributed by atoms with Gasteiger partial charge in [0.2, 0.25) is 0 Å². The van der Waals surface area contributed by atoms with Crippen LogP contribution in [0.2, 0.25) is 0 Å². The number of hydrogen-bond acceptors (Lipinski definition) is 8. The molecule has 0 aliphatic carbocycles. The van der Waals surface area contributed by atoms with E-state index in [1.54, 1.807) is 7.11 Å². The van der Waals surface area contributed by atoms with Crippen LogP contribution in [0.3, 0.4) is 0 Å². The summed E-state index contributed by atoms with van der Waals surface area (Å²) in [5.41, 5.74) is 1.09. The van der Waals surface area contributed by atoms with Gasteiger partial charge in [-0.15, -0.1) is 0 Å². The third-order valence-corrected chi connectivity index (χ3v) is 6.36. The third-order valence-electron chi connectivity index (χ3n) is 5.16. The first kappa shape index (κ1) is 18.4. The lowest BCUT2D eigenvalue weighted by atomic mass is 9.99. The summed E-state index contributed by atoms with van der Waals surface area (Å²) in [6.07, 6.45) is 1.42. The SMILES string of the molecule is COc1ccc(C(C2Sc3ncnn3C2=O)N2CCN(CCO)CC2)cc1. The highest BCUT2D eigenvalue weighted by Gasteiger charge is 2.43. The number of aliphatic hydroxyl groups excluding tert-OH is 1. The highest BCUT2D eigenvalue weighted by Crippen LogP contribution is 2.41. The van der Waals surface area contributed by atoms with Gasteiger partial charge in [0, 0.05) is 32.7 Å². The minimum absolute atomic E-state index is 0.0221. The summed E-state index contributed by atoms with van der Waals surface area (Å²) in [7, 11) is 1.65. The molecule has 2 aliphatic heterocycles. The smallest absolute Gasteiger partial charge is 0.264 e. The molecule has 8 nitrogen and oxygen atoms in total. The Morgan fingerprint density at radius 2 is 2.00 bits per heavy atom. The van der Waals surface area contributed by atoms with E-state index >= 15 is 0 Å². The van der Waals surface area contributed by atoms with Gasteiger partial charge in [-0.2, -0.15) is 9.78 Å². The van der Waals surface area contributed by atoms with E-state index in [9.17, 15) is 9.90 Å². The monoisotopic (exact) mass is 389 g/mol. The van der Waals surface area contributed by atoms with Gasteiger partial charge >= 0.3 is 0 Å². The molecular formula is C18H23N5O3S. The van der Waals surface area contributed by atoms with Crippen molar-refractivity contribution in [1.82, 2.24) is 24.6 Å². The van der Waals surface area contributed by atoms with Crippen LogP contribution in [0.5, 0.6) is 5.75 Å². The molecule has 0 spiro atoms. The molecule has 144 valence electrons. The van der Waals surface area contributed by atoms with E-state index in [4.69, 9.17) is 4.74 Å². The summed E-state index contributed by atoms with van der Waals surface area (Å²) in [6, 6.07) is 7.88. The van der Waals surface area contributed by atoms with E-state index in [2.05, 4.69) is 19.9 Å². The van der Waals surface area contributed by atoms with Crippen LogP contribution in [0.4, 0.5) is 0 Å². The number of benzene rings is 1. The topological polar surface area (TPSA) is 83.7 Å². The largest absolute Gasteiger partial charge is 0.497 e. The van der Waals surface area contributed by atoms with E-state index in [0.29, 0.717) is 11.7 Å². The average Bonchev–Trinajstić information content (AvgIpc) is 3.28. The van der Waals surface area contributed by atoms with Gasteiger partial charge in [-0.05, 0) is 17.7 Å². The normalized spacial score (nSPS) is 22.0. The molecule has 4 rings (SSSR count). The number of thioether (sulfide) groups is 1. The first-order valence-electron chi connectivity index (χ1n) is 9.03. The van der Waals surface area contributed by atoms with Crippen LogP contribution in [0.25, 0.3) is 0 Å². The van der Waals surface area contributed by atoms with E-state index in [-0.39, 0.29) is 23.8 Å². The zero-order valence-electron chi connectivity index (χ0n) is 15.2. The number of aromatic nitrogens is 3. The number of fused-ring (bicyclic) bond motifs is 1. The number of aliphatic hydroxyl groups is 1. The quantitative estimate of drug-likeness (QED) is 0.775. The lowest BCUT2D eigenvalue weighted by Gasteiger charge is -2.40. The summed E-state index contributed by atoms with van der Waals surface area (Å²) in [5, 5.41) is 13.6. The van der Waals surface area contributed by atoms with Gasteiger partial charge in [0.1, 0.15) is 17.3 Å². The molecular weight excluding hydrogens is 366 g/mol. The highest BCUT2D eigenvalue weighted by atomic mass is 32.2. The van der Waals surface area contributed by atoms with E-state index in [0.717, 1.165) is 37.5 Å². The van der Waals surface area contributed by atoms with Crippen molar-refractivity contribution in [3.63, 3.8) is 0 Å². The van der Waals surface area contributed by atoms with Gasteiger partial charge in [-0.25, -0.2) is 4.98 Å². The molecule has 3 heterocycles. The molecule has 2 aromatic rings. The summed E-state index contributed by atoms with van der Waals surface area (Å²) >= 11 is 1.48. The molecule has 2 aliphatic rings. The summed E-state index contributed by atoms with van der Waals surface area (Å²) in [6.45, 7) is 4.31. The van der Waals surface area contributed by atoms with Crippen LogP contribution < -0.4 is 4.74 Å². The summed E-state index contributed by atoms with van der Waals surface area (Å²) in [5.74, 6) is 0.774. The maximum absolute atomic E-state index is 13.0. The second-order valence-electron chi connectivity index (χ2n) is 6.65. The van der Waals surface area contributed by atoms with Gasteiger partial charge in [0.05, 0.1) is 19.8 Å². The Hall–Kier alpha value is -1.94. The fraction of sp³-hybridized carbons (Fsp3) is 0.500. The number of ether oxygens (including phenoxy) is 1. The van der Waals surface area contributed by atoms with Crippen LogP contribution >= 0.6 is 11.8 Å². The molecule has 0 radical (unpaired) electrons. The molecule has 1 aromatic carbocycles. The van der Waals surface area contributed by atoms with Crippen LogP contribution in [-0.2, 0) is 0 Å². The molecule has 0 bridgehead atoms. The van der Waals surface area contributed by atoms with Crippen molar-refractivity contribution in [1.29, 1.82) is 0 Å². The van der Waals surface area contributed by atoms with E-state index in [1.165, 1.54) is 22.8 Å². The molecule has 9 heteroatoms. The number of methoxy groups -OCH3 is 1. The van der Waals surface area contributed by atoms with Crippen LogP contribution in [0.15, 0.2) is 35.7 Å². The minimum atomic E-state index is -0.279. The van der Waals surface area contributed by atoms with Crippen molar-refractivity contribution in [3.8, 4) is 5.75 Å². The van der Waals surface area contributed by atoms with Crippen molar-refractivity contribution in [2.75, 3.05) is 46.4 Å². The van der Waals surface area contributed by atoms with Crippen molar-refractivity contribution in [3.05, 3.63) is 36.2 Å². The second-order valence-corrected chi connectivity index (χ2v) is 7.76. The van der Waals surface area contributed by atoms with Crippen molar-refractivity contribution in [2.45, 2.75) is 16.4 Å². The Labute approximate surface area is 162 Å². The molecule has 1 fully saturated rings. The van der Waals surface area contributed by atoms with Crippen molar-refractivity contribution < 1.29 is 14.6 Å². The minimum Gasteiger partial charge on any atom is -0.497 e. The molecule has 0 saturated carbocycles. The Morgan fingerprint density at radius 3 is 2.63 bits per heavy atom. The number of carbonyl (C=O) groups excluding carboxylic acids is 1. The zero-order chi connectivity index (χ0) is 18.8. The molecule has 27 heavy (non-hydrogen) atoms. The Bertz CT molecular complexity index is 789. The van der Waals surface area contributed by atoms with Gasteiger partial charge in [-0.1, -0.05) is 23.9 Å². The first-order chi connectivity index (χ1) is 13.2. The van der Waals surface area contributed by atoms with Gasteiger partial charge in [0.25, 0.3) is 5.91 Å². The molecule has 1 saturated heterocycles. The fourth-order valence-electron chi connectivity index (χ4n) is 3.73. The Balaban J connectivity index is 1.60. The highest BCUT2D eigenvalue weighted by molar-refractivity contribution is 8.00. The van der Waals surface area contributed by atoms with Crippen molar-refractivity contribution >= 4 is 17.7 Å². The van der Waals surface area contributed by atoms with Crippen LogP contribution in [-0.4, -0.2) is 87.3 Å². The van der Waals surface area contributed by atoms with Crippen molar-refractivity contribution in [2.24, 2.45) is 0 Å². The van der Waals surface area contributed by atoms with Gasteiger partial charge in [-0.3, -0.25) is 14.6 Å². The second kappa shape index (κ2) is 7.97. The van der Waals surface area contributed by atoms with E-state index < -0.39 is 0 Å². The number of nitrogens with zero attached hydrogens (tertiary/aromatic N) is 5. The average molecular weight is 389 g/mol. The molecule has 1 aromatic heterocycles. The number of hydrogen-bond donors (Lipinski definition) is 1. The lowest BCUT2D eigenvalue weighted by molar-refractivity contribution is 0.0689. The maximum Gasteiger partial charge on any atom is 0.264 e. The van der Waals surface area contributed by atoms with Crippen LogP contribution in [0, 0.1) is 0 Å². The predicted octanol–water partition coefficient (Wildman–Crippen LogP) is 0.752. The van der Waals surface area contributed by atoms with Gasteiger partial charge in [0.15, 0.2) is 5.16 Å². The lowest BCUT2D eigenvalue weighted by Crippen LogP contribution is -2.50. The predicted molar refractivity (Wildman–Crippen MR) is 101 cm³/mol. The molecule has 2 atom stereocenters. The summed E-state index contributed by atoms with van der Waals surface area (Å²) in [4.78, 5) is 21.8. The number of rotatable bonds is 6. The maximum atomic E-state index is 13.0. The standard InChI is InChI=1S/C18H23N5O3S/c1-26-14-4-2-13(3-5-14)15(22-8-6-21(7-9-22)10-11-24)16-17(25)23-18(27-16)19-12-20-23/h2-5,12,15-16,24H,6-11H2,1H3.